The number of methoxy groups -OCH3 is 2. The van der Waals surface area contributed by atoms with E-state index in [2.05, 4.69) is 5.32 Å². The molecule has 0 aliphatic rings. The van der Waals surface area contributed by atoms with Crippen LogP contribution < -0.4 is 14.8 Å². The topological polar surface area (TPSA) is 139 Å². The van der Waals surface area contributed by atoms with Gasteiger partial charge in [0, 0.05) is 31.3 Å². The van der Waals surface area contributed by atoms with Crippen molar-refractivity contribution in [1.29, 1.82) is 0 Å². The van der Waals surface area contributed by atoms with E-state index in [9.17, 15) is 26.7 Å². The van der Waals surface area contributed by atoms with Crippen molar-refractivity contribution in [3.8, 4) is 11.5 Å². The van der Waals surface area contributed by atoms with Gasteiger partial charge >= 0.3 is 0 Å². The second kappa shape index (κ2) is 14.1. The van der Waals surface area contributed by atoms with Gasteiger partial charge in [-0.05, 0) is 30.0 Å². The monoisotopic (exact) mass is 584 g/mol. The van der Waals surface area contributed by atoms with Gasteiger partial charge in [0.2, 0.25) is 15.9 Å². The SMILES string of the molecule is COc1ccc(S(=O)(=O)N(CC(C)C)C[C@@H](O)[C@H](Cc2ccccc2)NC(=O)[C@H](C)CS(C)(=O)=O)cc1OC. The van der Waals surface area contributed by atoms with Crippen LogP contribution in [-0.4, -0.2) is 83.6 Å². The van der Waals surface area contributed by atoms with E-state index in [0.717, 1.165) is 11.8 Å². The highest BCUT2D eigenvalue weighted by Gasteiger charge is 2.32. The number of ether oxygens (including phenoxy) is 2. The van der Waals surface area contributed by atoms with E-state index >= 15 is 0 Å². The van der Waals surface area contributed by atoms with Gasteiger partial charge in [-0.2, -0.15) is 4.31 Å². The molecule has 2 rings (SSSR count). The van der Waals surface area contributed by atoms with E-state index in [1.165, 1.54) is 43.6 Å². The number of sulfonamides is 1. The summed E-state index contributed by atoms with van der Waals surface area (Å²) in [6.45, 7) is 5.03. The summed E-state index contributed by atoms with van der Waals surface area (Å²) in [6.07, 6.45) is -0.0329. The number of amides is 1. The molecule has 0 radical (unpaired) electrons. The first-order valence-electron chi connectivity index (χ1n) is 12.6. The van der Waals surface area contributed by atoms with Crippen molar-refractivity contribution in [2.45, 2.75) is 44.2 Å². The average Bonchev–Trinajstić information content (AvgIpc) is 2.86. The van der Waals surface area contributed by atoms with Gasteiger partial charge in [0.1, 0.15) is 9.84 Å². The maximum absolute atomic E-state index is 13.7. The lowest BCUT2D eigenvalue weighted by molar-refractivity contribution is -0.125. The maximum Gasteiger partial charge on any atom is 0.243 e. The predicted octanol–water partition coefficient (Wildman–Crippen LogP) is 2.12. The van der Waals surface area contributed by atoms with Gasteiger partial charge in [-0.15, -0.1) is 0 Å². The number of hydrogen-bond donors (Lipinski definition) is 2. The fourth-order valence-electron chi connectivity index (χ4n) is 4.15. The molecule has 0 saturated heterocycles. The number of aliphatic hydroxyl groups is 1. The fourth-order valence-corrected chi connectivity index (χ4v) is 6.84. The molecule has 0 aliphatic heterocycles. The molecule has 2 N–H and O–H groups in total. The van der Waals surface area contributed by atoms with Gasteiger partial charge in [0.05, 0.1) is 37.0 Å². The molecule has 0 heterocycles. The van der Waals surface area contributed by atoms with Crippen molar-refractivity contribution < 1.29 is 36.2 Å². The van der Waals surface area contributed by atoms with Gasteiger partial charge in [0.25, 0.3) is 0 Å². The van der Waals surface area contributed by atoms with Crippen LogP contribution in [0.3, 0.4) is 0 Å². The van der Waals surface area contributed by atoms with E-state index in [1.54, 1.807) is 0 Å². The number of nitrogens with zero attached hydrogens (tertiary/aromatic N) is 1. The van der Waals surface area contributed by atoms with Gasteiger partial charge in [0.15, 0.2) is 11.5 Å². The molecule has 0 unspecified atom stereocenters. The van der Waals surface area contributed by atoms with Crippen molar-refractivity contribution in [2.24, 2.45) is 11.8 Å². The van der Waals surface area contributed by atoms with E-state index in [1.807, 2.05) is 44.2 Å². The molecule has 0 aliphatic carbocycles. The third kappa shape index (κ3) is 9.79. The zero-order valence-corrected chi connectivity index (χ0v) is 25.0. The number of rotatable bonds is 15. The minimum absolute atomic E-state index is 0.0292. The second-order valence-corrected chi connectivity index (χ2v) is 14.2. The summed E-state index contributed by atoms with van der Waals surface area (Å²) in [6, 6.07) is 12.5. The Hall–Kier alpha value is -2.67. The maximum atomic E-state index is 13.7. The van der Waals surface area contributed by atoms with Crippen LogP contribution in [-0.2, 0) is 31.1 Å². The van der Waals surface area contributed by atoms with Crippen LogP contribution in [0.15, 0.2) is 53.4 Å². The largest absolute Gasteiger partial charge is 0.493 e. The molecule has 3 atom stereocenters. The number of hydrogen-bond acceptors (Lipinski definition) is 8. The zero-order chi connectivity index (χ0) is 29.4. The molecule has 39 heavy (non-hydrogen) atoms. The predicted molar refractivity (Wildman–Crippen MR) is 150 cm³/mol. The fraction of sp³-hybridized carbons (Fsp3) is 0.519. The molecule has 10 nitrogen and oxygen atoms in total. The molecule has 218 valence electrons. The lowest BCUT2D eigenvalue weighted by atomic mass is 10.00. The third-order valence-electron chi connectivity index (χ3n) is 6.04. The summed E-state index contributed by atoms with van der Waals surface area (Å²) in [5.41, 5.74) is 0.816. The van der Waals surface area contributed by atoms with Crippen LogP contribution in [0.5, 0.6) is 11.5 Å². The highest BCUT2D eigenvalue weighted by atomic mass is 32.2. The molecule has 0 aromatic heterocycles. The van der Waals surface area contributed by atoms with Crippen LogP contribution in [0.2, 0.25) is 0 Å². The first-order valence-corrected chi connectivity index (χ1v) is 16.1. The first kappa shape index (κ1) is 32.5. The van der Waals surface area contributed by atoms with Crippen LogP contribution in [0.25, 0.3) is 0 Å². The van der Waals surface area contributed by atoms with Gasteiger partial charge < -0.3 is 19.9 Å². The lowest BCUT2D eigenvalue weighted by Crippen LogP contribution is -2.52. The molecule has 0 fully saturated rings. The van der Waals surface area contributed by atoms with Crippen molar-refractivity contribution >= 4 is 25.8 Å². The zero-order valence-electron chi connectivity index (χ0n) is 23.3. The lowest BCUT2D eigenvalue weighted by Gasteiger charge is -2.31. The summed E-state index contributed by atoms with van der Waals surface area (Å²) in [7, 11) is -4.63. The van der Waals surface area contributed by atoms with Crippen LogP contribution in [0.4, 0.5) is 0 Å². The minimum Gasteiger partial charge on any atom is -0.493 e. The molecular formula is C27H40N2O8S2. The summed E-state index contributed by atoms with van der Waals surface area (Å²) in [5.74, 6) is -1.19. The Balaban J connectivity index is 2.39. The number of sulfone groups is 1. The Morgan fingerprint density at radius 2 is 1.56 bits per heavy atom. The van der Waals surface area contributed by atoms with Crippen LogP contribution in [0, 0.1) is 11.8 Å². The number of aliphatic hydroxyl groups excluding tert-OH is 1. The smallest absolute Gasteiger partial charge is 0.243 e. The Morgan fingerprint density at radius 3 is 2.10 bits per heavy atom. The molecule has 1 amide bonds. The quantitative estimate of drug-likeness (QED) is 0.325. The minimum atomic E-state index is -4.08. The van der Waals surface area contributed by atoms with E-state index in [-0.39, 0.29) is 41.8 Å². The number of carbonyl (C=O) groups excluding carboxylic acids is 1. The highest BCUT2D eigenvalue weighted by molar-refractivity contribution is 7.90. The van der Waals surface area contributed by atoms with Gasteiger partial charge in [-0.3, -0.25) is 4.79 Å². The van der Waals surface area contributed by atoms with Crippen molar-refractivity contribution in [3.63, 3.8) is 0 Å². The van der Waals surface area contributed by atoms with Gasteiger partial charge in [-0.25, -0.2) is 16.8 Å². The summed E-state index contributed by atoms with van der Waals surface area (Å²) in [5, 5.41) is 14.1. The number of benzene rings is 2. The normalized spacial score (nSPS) is 14.6. The molecular weight excluding hydrogens is 544 g/mol. The van der Waals surface area contributed by atoms with E-state index in [0.29, 0.717) is 5.75 Å². The summed E-state index contributed by atoms with van der Waals surface area (Å²) in [4.78, 5) is 12.9. The van der Waals surface area contributed by atoms with E-state index < -0.39 is 43.8 Å². The molecule has 2 aromatic rings. The van der Waals surface area contributed by atoms with E-state index in [4.69, 9.17) is 9.47 Å². The number of carbonyl (C=O) groups is 1. The van der Waals surface area contributed by atoms with Gasteiger partial charge in [-0.1, -0.05) is 51.1 Å². The Bertz CT molecular complexity index is 1300. The molecule has 12 heteroatoms. The second-order valence-electron chi connectivity index (χ2n) is 10.1. The highest BCUT2D eigenvalue weighted by Crippen LogP contribution is 2.31. The Kier molecular flexibility index (Phi) is 11.8. The average molecular weight is 585 g/mol. The van der Waals surface area contributed by atoms with Crippen LogP contribution in [0.1, 0.15) is 26.3 Å². The number of nitrogens with one attached hydrogen (secondary N) is 1. The van der Waals surface area contributed by atoms with Crippen molar-refractivity contribution in [2.75, 3.05) is 39.3 Å². The molecule has 2 aromatic carbocycles. The van der Waals surface area contributed by atoms with Crippen LogP contribution >= 0.6 is 0 Å². The Morgan fingerprint density at radius 1 is 0.949 bits per heavy atom. The Labute approximate surface area is 232 Å². The molecule has 0 spiro atoms. The molecule has 0 saturated carbocycles. The third-order valence-corrected chi connectivity index (χ3v) is 8.98. The first-order chi connectivity index (χ1) is 18.2. The van der Waals surface area contributed by atoms with Crippen molar-refractivity contribution in [3.05, 3.63) is 54.1 Å². The van der Waals surface area contributed by atoms with Crippen molar-refractivity contribution in [1.82, 2.24) is 9.62 Å². The summed E-state index contributed by atoms with van der Waals surface area (Å²) >= 11 is 0. The summed E-state index contributed by atoms with van der Waals surface area (Å²) < 4.78 is 62.5. The molecule has 0 bridgehead atoms. The standard InChI is InChI=1S/C27H40N2O8S2/c1-19(2)16-29(39(34,35)22-12-13-25(36-4)26(15-22)37-5)17-24(30)23(14-21-10-8-7-9-11-21)28-27(31)20(3)18-38(6,32)33/h7-13,15,19-20,23-24,30H,14,16-18H2,1-6H3,(H,28,31)/t20-,23+,24-/m1/s1.